The second kappa shape index (κ2) is 8.39. The molecule has 0 bridgehead atoms. The van der Waals surface area contributed by atoms with E-state index in [-0.39, 0.29) is 5.91 Å². The second-order valence-electron chi connectivity index (χ2n) is 7.42. The smallest absolute Gasteiger partial charge is 0.263 e. The first-order chi connectivity index (χ1) is 12.5. The van der Waals surface area contributed by atoms with Crippen molar-refractivity contribution in [3.63, 3.8) is 0 Å². The van der Waals surface area contributed by atoms with E-state index in [4.69, 9.17) is 4.74 Å². The number of benzene rings is 2. The van der Waals surface area contributed by atoms with E-state index in [9.17, 15) is 4.79 Å². The van der Waals surface area contributed by atoms with Gasteiger partial charge in [0.1, 0.15) is 5.75 Å². The van der Waals surface area contributed by atoms with Gasteiger partial charge in [-0.3, -0.25) is 4.79 Å². The fourth-order valence-electron chi connectivity index (χ4n) is 3.65. The van der Waals surface area contributed by atoms with Gasteiger partial charge in [0.25, 0.3) is 5.91 Å². The number of aryl methyl sites for hydroxylation is 1. The SMILES string of the molecule is Cc1cccc(O[C@@H](C)C(=O)N2CCC(Cc3ccccc3)CC2)c1C. The summed E-state index contributed by atoms with van der Waals surface area (Å²) in [6.45, 7) is 7.62. The summed E-state index contributed by atoms with van der Waals surface area (Å²) in [5, 5.41) is 0. The van der Waals surface area contributed by atoms with Crippen LogP contribution >= 0.6 is 0 Å². The van der Waals surface area contributed by atoms with Crippen LogP contribution in [0.2, 0.25) is 0 Å². The Balaban J connectivity index is 1.52. The highest BCUT2D eigenvalue weighted by molar-refractivity contribution is 5.81. The van der Waals surface area contributed by atoms with Gasteiger partial charge in [-0.1, -0.05) is 42.5 Å². The number of likely N-dealkylation sites (tertiary alicyclic amines) is 1. The number of carbonyl (C=O) groups is 1. The Labute approximate surface area is 157 Å². The van der Waals surface area contributed by atoms with Gasteiger partial charge in [-0.05, 0) is 68.7 Å². The van der Waals surface area contributed by atoms with Gasteiger partial charge in [0.05, 0.1) is 0 Å². The number of carbonyl (C=O) groups excluding carboxylic acids is 1. The van der Waals surface area contributed by atoms with Crippen LogP contribution in [0.25, 0.3) is 0 Å². The second-order valence-corrected chi connectivity index (χ2v) is 7.42. The van der Waals surface area contributed by atoms with Gasteiger partial charge >= 0.3 is 0 Å². The largest absolute Gasteiger partial charge is 0.481 e. The van der Waals surface area contributed by atoms with Crippen LogP contribution in [0, 0.1) is 19.8 Å². The van der Waals surface area contributed by atoms with Crippen molar-refractivity contribution in [1.82, 2.24) is 4.90 Å². The third kappa shape index (κ3) is 4.46. The first-order valence-corrected chi connectivity index (χ1v) is 9.60. The summed E-state index contributed by atoms with van der Waals surface area (Å²) in [7, 11) is 0. The van der Waals surface area contributed by atoms with Crippen LogP contribution in [0.1, 0.15) is 36.5 Å². The molecule has 1 atom stereocenters. The van der Waals surface area contributed by atoms with Crippen molar-refractivity contribution in [2.45, 2.75) is 46.1 Å². The van der Waals surface area contributed by atoms with E-state index in [1.54, 1.807) is 0 Å². The zero-order valence-corrected chi connectivity index (χ0v) is 16.1. The van der Waals surface area contributed by atoms with Gasteiger partial charge < -0.3 is 9.64 Å². The highest BCUT2D eigenvalue weighted by Gasteiger charge is 2.27. The van der Waals surface area contributed by atoms with Crippen molar-refractivity contribution in [2.75, 3.05) is 13.1 Å². The molecule has 1 saturated heterocycles. The van der Waals surface area contributed by atoms with Crippen LogP contribution in [-0.4, -0.2) is 30.0 Å². The zero-order valence-electron chi connectivity index (χ0n) is 16.1. The summed E-state index contributed by atoms with van der Waals surface area (Å²) in [5.74, 6) is 1.57. The summed E-state index contributed by atoms with van der Waals surface area (Å²) >= 11 is 0. The highest BCUT2D eigenvalue weighted by atomic mass is 16.5. The van der Waals surface area contributed by atoms with Crippen LogP contribution in [0.5, 0.6) is 5.75 Å². The molecule has 1 aliphatic heterocycles. The lowest BCUT2D eigenvalue weighted by Gasteiger charge is -2.33. The Hall–Kier alpha value is -2.29. The molecule has 3 heteroatoms. The zero-order chi connectivity index (χ0) is 18.5. The Morgan fingerprint density at radius 3 is 2.46 bits per heavy atom. The van der Waals surface area contributed by atoms with Crippen molar-refractivity contribution < 1.29 is 9.53 Å². The van der Waals surface area contributed by atoms with Crippen LogP contribution in [-0.2, 0) is 11.2 Å². The molecule has 138 valence electrons. The Bertz CT molecular complexity index is 733. The molecule has 0 aliphatic carbocycles. The fourth-order valence-corrected chi connectivity index (χ4v) is 3.65. The van der Waals surface area contributed by atoms with Gasteiger partial charge in [0.15, 0.2) is 6.10 Å². The van der Waals surface area contributed by atoms with Gasteiger partial charge in [0.2, 0.25) is 0 Å². The number of nitrogens with zero attached hydrogens (tertiary/aromatic N) is 1. The van der Waals surface area contributed by atoms with Gasteiger partial charge in [-0.2, -0.15) is 0 Å². The molecule has 26 heavy (non-hydrogen) atoms. The normalized spacial score (nSPS) is 16.3. The van der Waals surface area contributed by atoms with Crippen LogP contribution in [0.4, 0.5) is 0 Å². The van der Waals surface area contributed by atoms with Gasteiger partial charge in [-0.15, -0.1) is 0 Å². The molecule has 3 nitrogen and oxygen atoms in total. The van der Waals surface area contributed by atoms with Crippen molar-refractivity contribution in [2.24, 2.45) is 5.92 Å². The molecule has 0 aromatic heterocycles. The van der Waals surface area contributed by atoms with E-state index < -0.39 is 6.10 Å². The quantitative estimate of drug-likeness (QED) is 0.791. The molecular weight excluding hydrogens is 322 g/mol. The van der Waals surface area contributed by atoms with Crippen molar-refractivity contribution >= 4 is 5.91 Å². The molecule has 2 aromatic rings. The molecule has 1 fully saturated rings. The molecule has 0 N–H and O–H groups in total. The number of rotatable bonds is 5. The van der Waals surface area contributed by atoms with E-state index in [2.05, 4.69) is 43.3 Å². The average molecular weight is 351 g/mol. The minimum absolute atomic E-state index is 0.101. The van der Waals surface area contributed by atoms with E-state index in [1.165, 1.54) is 11.1 Å². The highest BCUT2D eigenvalue weighted by Crippen LogP contribution is 2.24. The lowest BCUT2D eigenvalue weighted by atomic mass is 9.90. The standard InChI is InChI=1S/C23H29NO2/c1-17-8-7-11-22(18(17)2)26-19(3)23(25)24-14-12-21(13-15-24)16-20-9-5-4-6-10-20/h4-11,19,21H,12-16H2,1-3H3/t19-/m0/s1. The third-order valence-corrected chi connectivity index (χ3v) is 5.50. The molecule has 3 rings (SSSR count). The number of hydrogen-bond acceptors (Lipinski definition) is 2. The average Bonchev–Trinajstić information content (AvgIpc) is 2.66. The lowest BCUT2D eigenvalue weighted by molar-refractivity contribution is -0.139. The molecule has 1 aliphatic rings. The number of hydrogen-bond donors (Lipinski definition) is 0. The maximum Gasteiger partial charge on any atom is 0.263 e. The van der Waals surface area contributed by atoms with Crippen LogP contribution in [0.15, 0.2) is 48.5 Å². The first-order valence-electron chi connectivity index (χ1n) is 9.60. The van der Waals surface area contributed by atoms with E-state index in [0.29, 0.717) is 5.92 Å². The van der Waals surface area contributed by atoms with E-state index in [1.807, 2.05) is 30.9 Å². The van der Waals surface area contributed by atoms with Crippen LogP contribution in [0.3, 0.4) is 0 Å². The predicted octanol–water partition coefficient (Wildman–Crippen LogP) is 4.55. The first kappa shape index (κ1) is 18.5. The van der Waals surface area contributed by atoms with Gasteiger partial charge in [-0.25, -0.2) is 0 Å². The minimum Gasteiger partial charge on any atom is -0.481 e. The lowest BCUT2D eigenvalue weighted by Crippen LogP contribution is -2.45. The maximum atomic E-state index is 12.8. The number of ether oxygens (including phenoxy) is 1. The minimum atomic E-state index is -0.443. The van der Waals surface area contributed by atoms with Crippen molar-refractivity contribution in [1.29, 1.82) is 0 Å². The number of piperidine rings is 1. The molecule has 1 heterocycles. The molecule has 0 saturated carbocycles. The summed E-state index contributed by atoms with van der Waals surface area (Å²) in [6, 6.07) is 16.6. The summed E-state index contributed by atoms with van der Waals surface area (Å²) < 4.78 is 5.97. The topological polar surface area (TPSA) is 29.5 Å². The maximum absolute atomic E-state index is 12.8. The van der Waals surface area contributed by atoms with E-state index >= 15 is 0 Å². The van der Waals surface area contributed by atoms with E-state index in [0.717, 1.165) is 43.7 Å². The Kier molecular flexibility index (Phi) is 5.97. The Morgan fingerprint density at radius 2 is 1.77 bits per heavy atom. The fraction of sp³-hybridized carbons (Fsp3) is 0.435. The summed E-state index contributed by atoms with van der Waals surface area (Å²) in [5.41, 5.74) is 3.68. The third-order valence-electron chi connectivity index (χ3n) is 5.50. The van der Waals surface area contributed by atoms with Gasteiger partial charge in [0, 0.05) is 13.1 Å². The predicted molar refractivity (Wildman–Crippen MR) is 105 cm³/mol. The van der Waals surface area contributed by atoms with Crippen LogP contribution < -0.4 is 4.74 Å². The monoisotopic (exact) mass is 351 g/mol. The molecule has 0 spiro atoms. The molecule has 1 amide bonds. The Morgan fingerprint density at radius 1 is 1.08 bits per heavy atom. The molecular formula is C23H29NO2. The molecule has 0 unspecified atom stereocenters. The molecule has 0 radical (unpaired) electrons. The summed E-state index contributed by atoms with van der Waals surface area (Å²) in [6.07, 6.45) is 2.80. The molecule has 2 aromatic carbocycles. The van der Waals surface area contributed by atoms with Crippen molar-refractivity contribution in [3.05, 3.63) is 65.2 Å². The number of amides is 1. The van der Waals surface area contributed by atoms with Crippen molar-refractivity contribution in [3.8, 4) is 5.75 Å². The summed E-state index contributed by atoms with van der Waals surface area (Å²) in [4.78, 5) is 14.7.